The van der Waals surface area contributed by atoms with E-state index in [1.165, 1.54) is 10.4 Å². The molecule has 0 radical (unpaired) electrons. The van der Waals surface area contributed by atoms with Crippen molar-refractivity contribution in [1.29, 1.82) is 0 Å². The zero-order valence-electron chi connectivity index (χ0n) is 17.3. The molecule has 0 saturated carbocycles. The van der Waals surface area contributed by atoms with Gasteiger partial charge in [0.15, 0.2) is 0 Å². The maximum absolute atomic E-state index is 12.8. The molecule has 28 heavy (non-hydrogen) atoms. The number of nitrogens with one attached hydrogen (secondary N) is 1. The minimum atomic E-state index is -0.354. The van der Waals surface area contributed by atoms with E-state index in [9.17, 15) is 9.59 Å². The van der Waals surface area contributed by atoms with Gasteiger partial charge in [0.05, 0.1) is 17.2 Å². The lowest BCUT2D eigenvalue weighted by atomic mass is 9.72. The molecule has 0 unspecified atom stereocenters. The number of ether oxygens (including phenoxy) is 1. The third-order valence-electron chi connectivity index (χ3n) is 5.35. The van der Waals surface area contributed by atoms with Crippen LogP contribution < -0.4 is 5.32 Å². The largest absolute Gasteiger partial charge is 0.459 e. The number of carbonyl (C=O) groups is 2. The van der Waals surface area contributed by atoms with Gasteiger partial charge in [-0.05, 0) is 74.3 Å². The van der Waals surface area contributed by atoms with E-state index in [1.807, 2.05) is 19.2 Å². The van der Waals surface area contributed by atoms with Gasteiger partial charge in [-0.3, -0.25) is 4.79 Å². The Morgan fingerprint density at radius 1 is 1.18 bits per heavy atom. The third-order valence-corrected chi connectivity index (χ3v) is 6.40. The Labute approximate surface area is 171 Å². The van der Waals surface area contributed by atoms with Crippen LogP contribution in [0, 0.1) is 11.3 Å². The number of amides is 1. The fourth-order valence-corrected chi connectivity index (χ4v) is 4.77. The second-order valence-corrected chi connectivity index (χ2v) is 9.81. The van der Waals surface area contributed by atoms with Crippen molar-refractivity contribution in [1.82, 2.24) is 0 Å². The van der Waals surface area contributed by atoms with Crippen LogP contribution in [0.15, 0.2) is 29.6 Å². The molecule has 0 aliphatic heterocycles. The lowest BCUT2D eigenvalue weighted by Crippen LogP contribution is -2.27. The van der Waals surface area contributed by atoms with Crippen molar-refractivity contribution < 1.29 is 14.3 Å². The van der Waals surface area contributed by atoms with Crippen molar-refractivity contribution in [3.63, 3.8) is 0 Å². The van der Waals surface area contributed by atoms with E-state index in [0.29, 0.717) is 22.6 Å². The van der Waals surface area contributed by atoms with Crippen LogP contribution in [0.3, 0.4) is 0 Å². The van der Waals surface area contributed by atoms with Gasteiger partial charge < -0.3 is 10.1 Å². The van der Waals surface area contributed by atoms with E-state index in [4.69, 9.17) is 4.74 Å². The first-order valence-electron chi connectivity index (χ1n) is 9.86. The highest BCUT2D eigenvalue weighted by Gasteiger charge is 2.31. The molecule has 1 amide bonds. The molecule has 150 valence electrons. The first-order chi connectivity index (χ1) is 13.1. The number of rotatable bonds is 4. The van der Waals surface area contributed by atoms with Crippen LogP contribution in [-0.4, -0.2) is 18.0 Å². The second kappa shape index (κ2) is 8.08. The normalized spacial score (nSPS) is 16.6. The summed E-state index contributed by atoms with van der Waals surface area (Å²) in [7, 11) is 0. The van der Waals surface area contributed by atoms with Crippen LogP contribution >= 0.6 is 11.3 Å². The molecule has 1 aromatic carbocycles. The molecule has 1 aromatic heterocycles. The number of thiophene rings is 1. The average Bonchev–Trinajstić information content (AvgIpc) is 3.04. The zero-order valence-corrected chi connectivity index (χ0v) is 18.1. The molecule has 5 heteroatoms. The Kier molecular flexibility index (Phi) is 5.94. The number of anilines is 1. The lowest BCUT2D eigenvalue weighted by molar-refractivity contribution is 0.0378. The van der Waals surface area contributed by atoms with Crippen molar-refractivity contribution >= 4 is 28.9 Å². The number of hydrogen-bond acceptors (Lipinski definition) is 4. The predicted molar refractivity (Wildman–Crippen MR) is 114 cm³/mol. The average molecular weight is 400 g/mol. The second-order valence-electron chi connectivity index (χ2n) is 8.84. The Balaban J connectivity index is 1.68. The molecule has 1 aliphatic rings. The smallest absolute Gasteiger partial charge is 0.338 e. The van der Waals surface area contributed by atoms with Crippen LogP contribution in [0.25, 0.3) is 0 Å². The molecule has 0 bridgehead atoms. The van der Waals surface area contributed by atoms with E-state index in [-0.39, 0.29) is 18.0 Å². The molecular formula is C23H29NO3S. The van der Waals surface area contributed by atoms with Gasteiger partial charge in [0, 0.05) is 15.9 Å². The van der Waals surface area contributed by atoms with Crippen LogP contribution in [0.1, 0.15) is 72.2 Å². The van der Waals surface area contributed by atoms with Crippen molar-refractivity contribution in [3.8, 4) is 0 Å². The van der Waals surface area contributed by atoms with Gasteiger partial charge in [-0.1, -0.05) is 20.8 Å². The van der Waals surface area contributed by atoms with Gasteiger partial charge in [-0.25, -0.2) is 4.79 Å². The number of hydrogen-bond donors (Lipinski definition) is 1. The van der Waals surface area contributed by atoms with E-state index in [1.54, 1.807) is 35.6 Å². The standard InChI is InChI=1S/C23H29NO3S/c1-14(2)27-22(26)15-6-9-17(10-7-15)24-21(25)19-13-28-20-12-16(23(3,4)5)8-11-18(19)20/h6-7,9-10,13-14,16H,8,11-12H2,1-5H3,(H,24,25)/t16-/m0/s1. The monoisotopic (exact) mass is 399 g/mol. The molecule has 0 spiro atoms. The summed E-state index contributed by atoms with van der Waals surface area (Å²) in [6.45, 7) is 10.5. The highest BCUT2D eigenvalue weighted by molar-refractivity contribution is 7.10. The Bertz CT molecular complexity index is 859. The van der Waals surface area contributed by atoms with E-state index >= 15 is 0 Å². The Morgan fingerprint density at radius 3 is 2.46 bits per heavy atom. The summed E-state index contributed by atoms with van der Waals surface area (Å²) >= 11 is 1.70. The Morgan fingerprint density at radius 2 is 1.86 bits per heavy atom. The van der Waals surface area contributed by atoms with Crippen LogP contribution in [0.2, 0.25) is 0 Å². The highest BCUT2D eigenvalue weighted by atomic mass is 32.1. The van der Waals surface area contributed by atoms with Gasteiger partial charge in [0.25, 0.3) is 5.91 Å². The number of carbonyl (C=O) groups excluding carboxylic acids is 2. The van der Waals surface area contributed by atoms with Crippen molar-refractivity contribution in [2.75, 3.05) is 5.32 Å². The molecule has 1 N–H and O–H groups in total. The van der Waals surface area contributed by atoms with Gasteiger partial charge in [0.1, 0.15) is 0 Å². The summed E-state index contributed by atoms with van der Waals surface area (Å²) in [6, 6.07) is 6.83. The van der Waals surface area contributed by atoms with Crippen LogP contribution in [-0.2, 0) is 17.6 Å². The number of fused-ring (bicyclic) bond motifs is 1. The van der Waals surface area contributed by atoms with E-state index < -0.39 is 0 Å². The number of benzene rings is 1. The molecule has 0 saturated heterocycles. The summed E-state index contributed by atoms with van der Waals surface area (Å²) < 4.78 is 5.19. The highest BCUT2D eigenvalue weighted by Crippen LogP contribution is 2.40. The number of esters is 1. The molecular weight excluding hydrogens is 370 g/mol. The topological polar surface area (TPSA) is 55.4 Å². The van der Waals surface area contributed by atoms with Gasteiger partial charge in [-0.2, -0.15) is 0 Å². The molecule has 1 aliphatic carbocycles. The van der Waals surface area contributed by atoms with Gasteiger partial charge >= 0.3 is 5.97 Å². The molecule has 1 atom stereocenters. The van der Waals surface area contributed by atoms with Crippen LogP contribution in [0.4, 0.5) is 5.69 Å². The first-order valence-corrected chi connectivity index (χ1v) is 10.7. The lowest BCUT2D eigenvalue weighted by Gasteiger charge is -2.34. The fourth-order valence-electron chi connectivity index (χ4n) is 3.61. The minimum Gasteiger partial charge on any atom is -0.459 e. The van der Waals surface area contributed by atoms with E-state index in [2.05, 4.69) is 26.1 Å². The molecule has 0 fully saturated rings. The van der Waals surface area contributed by atoms with Crippen LogP contribution in [0.5, 0.6) is 0 Å². The quantitative estimate of drug-likeness (QED) is 0.669. The summed E-state index contributed by atoms with van der Waals surface area (Å²) in [5.74, 6) is 0.227. The summed E-state index contributed by atoms with van der Waals surface area (Å²) in [4.78, 5) is 26.1. The molecule has 2 aromatic rings. The maximum Gasteiger partial charge on any atom is 0.338 e. The summed E-state index contributed by atoms with van der Waals surface area (Å²) in [5, 5.41) is 4.94. The van der Waals surface area contributed by atoms with Gasteiger partial charge in [0.2, 0.25) is 0 Å². The summed E-state index contributed by atoms with van der Waals surface area (Å²) in [5.41, 5.74) is 3.45. The SMILES string of the molecule is CC(C)OC(=O)c1ccc(NC(=O)c2csc3c2CC[C@H](C(C)(C)C)C3)cc1. The molecule has 3 rings (SSSR count). The molecule has 4 nitrogen and oxygen atoms in total. The van der Waals surface area contributed by atoms with Crippen molar-refractivity contribution in [2.45, 2.75) is 60.0 Å². The molecule has 1 heterocycles. The van der Waals surface area contributed by atoms with Gasteiger partial charge in [-0.15, -0.1) is 11.3 Å². The van der Waals surface area contributed by atoms with Crippen molar-refractivity contribution in [2.24, 2.45) is 11.3 Å². The Hall–Kier alpha value is -2.14. The van der Waals surface area contributed by atoms with Crippen molar-refractivity contribution in [3.05, 3.63) is 51.2 Å². The summed E-state index contributed by atoms with van der Waals surface area (Å²) in [6.07, 6.45) is 2.99. The predicted octanol–water partition coefficient (Wildman–Crippen LogP) is 5.72. The first kappa shape index (κ1) is 20.6. The van der Waals surface area contributed by atoms with E-state index in [0.717, 1.165) is 24.8 Å². The zero-order chi connectivity index (χ0) is 20.5. The maximum atomic E-state index is 12.8. The minimum absolute atomic E-state index is 0.0794. The third kappa shape index (κ3) is 4.64. The fraction of sp³-hybridized carbons (Fsp3) is 0.478.